The zero-order chi connectivity index (χ0) is 23.8. The molecule has 0 atom stereocenters. The molecule has 6 nitrogen and oxygen atoms in total. The van der Waals surface area contributed by atoms with Crippen LogP contribution in [0.15, 0.2) is 53.9 Å². The Morgan fingerprint density at radius 1 is 1.15 bits per heavy atom. The van der Waals surface area contributed by atoms with Crippen molar-refractivity contribution in [2.24, 2.45) is 0 Å². The number of amides is 1. The van der Waals surface area contributed by atoms with Gasteiger partial charge < -0.3 is 20.1 Å². The third kappa shape index (κ3) is 6.23. The van der Waals surface area contributed by atoms with Gasteiger partial charge in [0.2, 0.25) is 0 Å². The molecule has 0 bridgehead atoms. The van der Waals surface area contributed by atoms with Gasteiger partial charge in [-0.3, -0.25) is 4.79 Å². The van der Waals surface area contributed by atoms with Crippen molar-refractivity contribution in [1.29, 1.82) is 0 Å². The Morgan fingerprint density at radius 3 is 2.68 bits per heavy atom. The van der Waals surface area contributed by atoms with Crippen LogP contribution in [0.25, 0.3) is 11.1 Å². The van der Waals surface area contributed by atoms with Crippen molar-refractivity contribution in [2.75, 3.05) is 38.7 Å². The Bertz CT molecular complexity index is 1060. The van der Waals surface area contributed by atoms with Crippen LogP contribution in [0, 0.1) is 0 Å². The molecule has 3 aromatic rings. The van der Waals surface area contributed by atoms with Gasteiger partial charge in [0.25, 0.3) is 5.91 Å². The molecule has 1 fully saturated rings. The van der Waals surface area contributed by atoms with Crippen LogP contribution in [0.5, 0.6) is 5.75 Å². The Balaban J connectivity index is 1.39. The van der Waals surface area contributed by atoms with E-state index in [1.807, 2.05) is 53.9 Å². The Hall–Kier alpha value is -2.74. The van der Waals surface area contributed by atoms with Crippen molar-refractivity contribution in [1.82, 2.24) is 9.88 Å². The van der Waals surface area contributed by atoms with Gasteiger partial charge in [-0.2, -0.15) is 0 Å². The average molecular weight is 480 g/mol. The molecule has 2 aromatic carbocycles. The molecule has 2 heterocycles. The predicted molar refractivity (Wildman–Crippen MR) is 138 cm³/mol. The van der Waals surface area contributed by atoms with Gasteiger partial charge in [0, 0.05) is 29.5 Å². The van der Waals surface area contributed by atoms with Crippen LogP contribution in [-0.2, 0) is 0 Å². The number of carbonyl (C=O) groups excluding carboxylic acids is 1. The zero-order valence-corrected chi connectivity index (χ0v) is 20.5. The summed E-state index contributed by atoms with van der Waals surface area (Å²) in [6.45, 7) is 3.51. The summed E-state index contributed by atoms with van der Waals surface area (Å²) in [6.07, 6.45) is 5.26. The number of benzene rings is 2. The van der Waals surface area contributed by atoms with E-state index < -0.39 is 0 Å². The molecular weight excluding hydrogens is 446 g/mol. The number of carbonyl (C=O) groups is 1. The number of aliphatic hydroxyl groups is 1. The van der Waals surface area contributed by atoms with Gasteiger partial charge >= 0.3 is 0 Å². The number of methoxy groups -OCH3 is 1. The zero-order valence-electron chi connectivity index (χ0n) is 19.7. The highest BCUT2D eigenvalue weighted by atomic mass is 32.1. The Labute approximate surface area is 205 Å². The topological polar surface area (TPSA) is 74.7 Å². The van der Waals surface area contributed by atoms with Gasteiger partial charge in [-0.15, -0.1) is 11.3 Å². The number of likely N-dealkylation sites (tertiary alicyclic amines) is 1. The fourth-order valence-corrected chi connectivity index (χ4v) is 5.39. The van der Waals surface area contributed by atoms with E-state index >= 15 is 0 Å². The van der Waals surface area contributed by atoms with Crippen LogP contribution in [0.1, 0.15) is 53.5 Å². The van der Waals surface area contributed by atoms with E-state index in [-0.39, 0.29) is 12.5 Å². The van der Waals surface area contributed by atoms with E-state index in [4.69, 9.17) is 14.8 Å². The maximum atomic E-state index is 13.1. The van der Waals surface area contributed by atoms with Gasteiger partial charge in [0.1, 0.15) is 11.4 Å². The van der Waals surface area contributed by atoms with E-state index in [9.17, 15) is 4.79 Å². The molecule has 0 unspecified atom stereocenters. The van der Waals surface area contributed by atoms with E-state index in [1.165, 1.54) is 0 Å². The lowest BCUT2D eigenvalue weighted by atomic mass is 9.97. The van der Waals surface area contributed by atoms with Crippen LogP contribution in [0.4, 0.5) is 5.69 Å². The largest absolute Gasteiger partial charge is 0.497 e. The number of nitrogens with one attached hydrogen (secondary N) is 1. The molecule has 0 aliphatic carbocycles. The first-order valence-electron chi connectivity index (χ1n) is 12.0. The molecular formula is C27H33N3O3S. The fourth-order valence-electron chi connectivity index (χ4n) is 4.42. The molecule has 180 valence electrons. The molecule has 1 aliphatic rings. The smallest absolute Gasteiger partial charge is 0.275 e. The normalized spacial score (nSPS) is 14.8. The SMILES string of the molecule is COc1ccc(-c2ccccc2)c(NC(=O)c2csc(C3CCN(CCCCCO)CC3)n2)c1. The summed E-state index contributed by atoms with van der Waals surface area (Å²) in [4.78, 5) is 20.3. The summed E-state index contributed by atoms with van der Waals surface area (Å²) in [7, 11) is 1.62. The highest BCUT2D eigenvalue weighted by Crippen LogP contribution is 2.33. The number of nitrogens with zero attached hydrogens (tertiary/aromatic N) is 2. The number of unbranched alkanes of at least 4 members (excludes halogenated alkanes) is 2. The molecule has 1 saturated heterocycles. The minimum Gasteiger partial charge on any atom is -0.497 e. The molecule has 0 spiro atoms. The minimum absolute atomic E-state index is 0.200. The maximum absolute atomic E-state index is 13.1. The molecule has 0 saturated carbocycles. The van der Waals surface area contributed by atoms with E-state index in [0.29, 0.717) is 23.0 Å². The molecule has 1 amide bonds. The Morgan fingerprint density at radius 2 is 1.94 bits per heavy atom. The molecule has 4 rings (SSSR count). The first-order valence-corrected chi connectivity index (χ1v) is 12.9. The second-order valence-corrected chi connectivity index (χ2v) is 9.59. The second-order valence-electron chi connectivity index (χ2n) is 8.70. The quantitative estimate of drug-likeness (QED) is 0.380. The maximum Gasteiger partial charge on any atom is 0.275 e. The van der Waals surface area contributed by atoms with Gasteiger partial charge in [-0.05, 0) is 69.4 Å². The summed E-state index contributed by atoms with van der Waals surface area (Å²) < 4.78 is 5.38. The fraction of sp³-hybridized carbons (Fsp3) is 0.407. The van der Waals surface area contributed by atoms with Gasteiger partial charge in [-0.1, -0.05) is 30.3 Å². The lowest BCUT2D eigenvalue weighted by Crippen LogP contribution is -2.33. The third-order valence-electron chi connectivity index (χ3n) is 6.38. The summed E-state index contributed by atoms with van der Waals surface area (Å²) in [5.74, 6) is 0.906. The molecule has 0 radical (unpaired) electrons. The highest BCUT2D eigenvalue weighted by Gasteiger charge is 2.24. The van der Waals surface area contributed by atoms with Crippen LogP contribution >= 0.6 is 11.3 Å². The van der Waals surface area contributed by atoms with E-state index in [1.54, 1.807) is 18.4 Å². The van der Waals surface area contributed by atoms with Crippen LogP contribution < -0.4 is 10.1 Å². The van der Waals surface area contributed by atoms with Crippen molar-refractivity contribution < 1.29 is 14.6 Å². The highest BCUT2D eigenvalue weighted by molar-refractivity contribution is 7.10. The lowest BCUT2D eigenvalue weighted by Gasteiger charge is -2.31. The number of thiazole rings is 1. The monoisotopic (exact) mass is 479 g/mol. The van der Waals surface area contributed by atoms with Crippen molar-refractivity contribution in [2.45, 2.75) is 38.0 Å². The number of piperidine rings is 1. The number of aliphatic hydroxyl groups excluding tert-OH is 1. The Kier molecular flexibility index (Phi) is 8.68. The lowest BCUT2D eigenvalue weighted by molar-refractivity contribution is 0.102. The standard InChI is InChI=1S/C27H33N3O3S/c1-33-22-10-11-23(20-8-4-2-5-9-20)24(18-22)28-26(32)25-19-34-27(29-25)21-12-15-30(16-13-21)14-6-3-7-17-31/h2,4-5,8-11,18-19,21,31H,3,6-7,12-17H2,1H3,(H,28,32). The molecule has 1 aliphatic heterocycles. The number of rotatable bonds is 10. The number of hydrogen-bond acceptors (Lipinski definition) is 6. The van der Waals surface area contributed by atoms with Gasteiger partial charge in [-0.25, -0.2) is 4.98 Å². The van der Waals surface area contributed by atoms with Crippen molar-refractivity contribution in [3.05, 3.63) is 64.6 Å². The number of ether oxygens (including phenoxy) is 1. The van der Waals surface area contributed by atoms with Crippen molar-refractivity contribution in [3.8, 4) is 16.9 Å². The first-order chi connectivity index (χ1) is 16.7. The summed E-state index contributed by atoms with van der Waals surface area (Å²) in [6, 6.07) is 15.7. The number of hydrogen-bond donors (Lipinski definition) is 2. The summed E-state index contributed by atoms with van der Waals surface area (Å²) >= 11 is 1.59. The molecule has 7 heteroatoms. The molecule has 34 heavy (non-hydrogen) atoms. The summed E-state index contributed by atoms with van der Waals surface area (Å²) in [5, 5.41) is 14.9. The second kappa shape index (κ2) is 12.1. The van der Waals surface area contributed by atoms with Gasteiger partial charge in [0.05, 0.1) is 17.8 Å². The van der Waals surface area contributed by atoms with E-state index in [0.717, 1.165) is 67.9 Å². The predicted octanol–water partition coefficient (Wildman–Crippen LogP) is 5.41. The van der Waals surface area contributed by atoms with Crippen LogP contribution in [0.2, 0.25) is 0 Å². The number of anilines is 1. The van der Waals surface area contributed by atoms with Crippen LogP contribution in [-0.4, -0.2) is 54.2 Å². The first kappa shape index (κ1) is 24.4. The van der Waals surface area contributed by atoms with E-state index in [2.05, 4.69) is 10.2 Å². The summed E-state index contributed by atoms with van der Waals surface area (Å²) in [5.41, 5.74) is 3.15. The number of aromatic nitrogens is 1. The molecule has 1 aromatic heterocycles. The van der Waals surface area contributed by atoms with Crippen molar-refractivity contribution >= 4 is 22.9 Å². The van der Waals surface area contributed by atoms with Gasteiger partial charge in [0.15, 0.2) is 0 Å². The molecule has 2 N–H and O–H groups in total. The average Bonchev–Trinajstić information content (AvgIpc) is 3.38. The minimum atomic E-state index is -0.200. The van der Waals surface area contributed by atoms with Crippen LogP contribution in [0.3, 0.4) is 0 Å². The van der Waals surface area contributed by atoms with Crippen molar-refractivity contribution in [3.63, 3.8) is 0 Å². The third-order valence-corrected chi connectivity index (χ3v) is 7.39.